The maximum Gasteiger partial charge on any atom is 0.0568 e. The van der Waals surface area contributed by atoms with Gasteiger partial charge in [0.15, 0.2) is 0 Å². The predicted octanol–water partition coefficient (Wildman–Crippen LogP) is 2.05. The van der Waals surface area contributed by atoms with Crippen LogP contribution in [0.1, 0.15) is 33.6 Å². The number of aliphatic hydroxyl groups excluding tert-OH is 1. The molecule has 0 aliphatic heterocycles. The minimum atomic E-state index is -0.0157. The summed E-state index contributed by atoms with van der Waals surface area (Å²) in [5.74, 6) is 2.28. The molecule has 0 aromatic rings. The van der Waals surface area contributed by atoms with Gasteiger partial charge in [-0.15, -0.1) is 0 Å². The summed E-state index contributed by atoms with van der Waals surface area (Å²) >= 11 is 0. The van der Waals surface area contributed by atoms with E-state index in [4.69, 9.17) is 0 Å². The van der Waals surface area contributed by atoms with E-state index in [2.05, 4.69) is 20.8 Å². The minimum absolute atomic E-state index is 0.0157. The van der Waals surface area contributed by atoms with E-state index in [-0.39, 0.29) is 6.10 Å². The Morgan fingerprint density at radius 2 is 1.73 bits per heavy atom. The summed E-state index contributed by atoms with van der Waals surface area (Å²) in [6, 6.07) is 0. The summed E-state index contributed by atoms with van der Waals surface area (Å²) in [6.45, 7) is 6.86. The molecule has 2 saturated carbocycles. The van der Waals surface area contributed by atoms with E-state index in [0.29, 0.717) is 11.3 Å². The van der Waals surface area contributed by atoms with Gasteiger partial charge < -0.3 is 5.11 Å². The molecule has 0 bridgehead atoms. The molecule has 64 valence electrons. The molecule has 2 aliphatic carbocycles. The van der Waals surface area contributed by atoms with Crippen LogP contribution in [-0.2, 0) is 0 Å². The van der Waals surface area contributed by atoms with Crippen molar-refractivity contribution in [3.63, 3.8) is 0 Å². The Labute approximate surface area is 68.8 Å². The van der Waals surface area contributed by atoms with Crippen LogP contribution in [0.15, 0.2) is 0 Å². The first kappa shape index (κ1) is 7.60. The molecule has 0 aromatic heterocycles. The van der Waals surface area contributed by atoms with Gasteiger partial charge in [0.1, 0.15) is 0 Å². The first-order valence-corrected chi connectivity index (χ1v) is 4.71. The number of hydrogen-bond donors (Lipinski definition) is 1. The lowest BCUT2D eigenvalue weighted by molar-refractivity contribution is 0.0745. The fraction of sp³-hybridized carbons (Fsp3) is 1.00. The lowest BCUT2D eigenvalue weighted by Gasteiger charge is -2.22. The minimum Gasteiger partial charge on any atom is -0.393 e. The molecule has 1 N–H and O–H groups in total. The number of fused-ring (bicyclic) bond motifs is 1. The summed E-state index contributed by atoms with van der Waals surface area (Å²) in [7, 11) is 0. The average Bonchev–Trinajstić information content (AvgIpc) is 2.39. The smallest absolute Gasteiger partial charge is 0.0568 e. The molecule has 1 heteroatoms. The first-order chi connectivity index (χ1) is 5.03. The summed E-state index contributed by atoms with van der Waals surface area (Å²) in [4.78, 5) is 0. The maximum atomic E-state index is 9.61. The molecule has 0 saturated heterocycles. The van der Waals surface area contributed by atoms with Gasteiger partial charge in [-0.25, -0.2) is 0 Å². The molecular weight excluding hydrogens is 136 g/mol. The van der Waals surface area contributed by atoms with Crippen molar-refractivity contribution in [3.05, 3.63) is 0 Å². The molecule has 0 unspecified atom stereocenters. The van der Waals surface area contributed by atoms with Gasteiger partial charge in [-0.05, 0) is 36.0 Å². The van der Waals surface area contributed by atoms with Crippen LogP contribution in [0.5, 0.6) is 0 Å². The van der Waals surface area contributed by atoms with Crippen LogP contribution in [0.4, 0.5) is 0 Å². The largest absolute Gasteiger partial charge is 0.393 e. The Bertz CT molecular complexity index is 156. The van der Waals surface area contributed by atoms with Gasteiger partial charge in [-0.1, -0.05) is 20.8 Å². The van der Waals surface area contributed by atoms with Crippen LogP contribution in [0.2, 0.25) is 0 Å². The van der Waals surface area contributed by atoms with Crippen LogP contribution in [0.25, 0.3) is 0 Å². The van der Waals surface area contributed by atoms with Crippen molar-refractivity contribution in [3.8, 4) is 0 Å². The second kappa shape index (κ2) is 2.01. The van der Waals surface area contributed by atoms with Gasteiger partial charge >= 0.3 is 0 Å². The summed E-state index contributed by atoms with van der Waals surface area (Å²) in [5, 5.41) is 9.61. The average molecular weight is 154 g/mol. The maximum absolute atomic E-state index is 9.61. The van der Waals surface area contributed by atoms with Gasteiger partial charge in [0.05, 0.1) is 6.10 Å². The zero-order chi connectivity index (χ0) is 8.22. The monoisotopic (exact) mass is 154 g/mol. The van der Waals surface area contributed by atoms with E-state index in [1.54, 1.807) is 0 Å². The zero-order valence-electron chi connectivity index (χ0n) is 7.67. The van der Waals surface area contributed by atoms with Crippen molar-refractivity contribution >= 4 is 0 Å². The van der Waals surface area contributed by atoms with E-state index >= 15 is 0 Å². The predicted molar refractivity (Wildman–Crippen MR) is 45.2 cm³/mol. The quantitative estimate of drug-likeness (QED) is 0.566. The molecule has 0 radical (unpaired) electrons. The van der Waals surface area contributed by atoms with E-state index in [1.165, 1.54) is 6.42 Å². The molecule has 2 aliphatic rings. The first-order valence-electron chi connectivity index (χ1n) is 4.71. The van der Waals surface area contributed by atoms with Crippen molar-refractivity contribution in [1.29, 1.82) is 0 Å². The Morgan fingerprint density at radius 1 is 1.18 bits per heavy atom. The highest BCUT2D eigenvalue weighted by molar-refractivity contribution is 5.08. The Morgan fingerprint density at radius 3 is 2.27 bits per heavy atom. The van der Waals surface area contributed by atoms with E-state index in [1.807, 2.05) is 0 Å². The van der Waals surface area contributed by atoms with Crippen LogP contribution in [0.3, 0.4) is 0 Å². The number of hydrogen-bond acceptors (Lipinski definition) is 1. The van der Waals surface area contributed by atoms with Crippen LogP contribution in [-0.4, -0.2) is 11.2 Å². The van der Waals surface area contributed by atoms with Gasteiger partial charge in [0.25, 0.3) is 0 Å². The third-order valence-electron chi connectivity index (χ3n) is 4.07. The Hall–Kier alpha value is -0.0400. The molecule has 11 heavy (non-hydrogen) atoms. The van der Waals surface area contributed by atoms with E-state index in [0.717, 1.165) is 18.3 Å². The molecule has 0 heterocycles. The third-order valence-corrected chi connectivity index (χ3v) is 4.07. The Kier molecular flexibility index (Phi) is 1.39. The van der Waals surface area contributed by atoms with Crippen molar-refractivity contribution in [2.45, 2.75) is 39.7 Å². The summed E-state index contributed by atoms with van der Waals surface area (Å²) in [6.07, 6.45) is 2.29. The lowest BCUT2D eigenvalue weighted by Crippen LogP contribution is -2.22. The van der Waals surface area contributed by atoms with E-state index < -0.39 is 0 Å². The SMILES string of the molecule is C[C@H]1C[C@H]2[C@@H](C[C@@H]1O)C2(C)C. The molecule has 0 spiro atoms. The van der Waals surface area contributed by atoms with Gasteiger partial charge in [-0.3, -0.25) is 0 Å². The van der Waals surface area contributed by atoms with Gasteiger partial charge in [0.2, 0.25) is 0 Å². The molecular formula is C10H18O. The van der Waals surface area contributed by atoms with Crippen molar-refractivity contribution in [1.82, 2.24) is 0 Å². The van der Waals surface area contributed by atoms with Gasteiger partial charge in [-0.2, -0.15) is 0 Å². The molecule has 0 amide bonds. The third kappa shape index (κ3) is 0.936. The Balaban J connectivity index is 2.07. The number of rotatable bonds is 0. The lowest BCUT2D eigenvalue weighted by atomic mass is 9.88. The number of aliphatic hydroxyl groups is 1. The van der Waals surface area contributed by atoms with Gasteiger partial charge in [0, 0.05) is 0 Å². The fourth-order valence-corrected chi connectivity index (χ4v) is 2.84. The standard InChI is InChI=1S/C10H18O/c1-6-4-7-8(5-9(6)11)10(7,2)3/h6-9,11H,4-5H2,1-3H3/t6-,7-,8+,9-/m0/s1. The van der Waals surface area contributed by atoms with Crippen LogP contribution >= 0.6 is 0 Å². The second-order valence-corrected chi connectivity index (χ2v) is 5.05. The molecule has 2 rings (SSSR count). The van der Waals surface area contributed by atoms with Crippen LogP contribution in [0, 0.1) is 23.2 Å². The van der Waals surface area contributed by atoms with Crippen molar-refractivity contribution in [2.24, 2.45) is 23.2 Å². The second-order valence-electron chi connectivity index (χ2n) is 5.05. The highest BCUT2D eigenvalue weighted by Crippen LogP contribution is 2.65. The van der Waals surface area contributed by atoms with Crippen LogP contribution < -0.4 is 0 Å². The normalized spacial score (nSPS) is 53.5. The highest BCUT2D eigenvalue weighted by atomic mass is 16.3. The molecule has 1 nitrogen and oxygen atoms in total. The molecule has 2 fully saturated rings. The fourth-order valence-electron chi connectivity index (χ4n) is 2.84. The topological polar surface area (TPSA) is 20.2 Å². The molecule has 4 atom stereocenters. The van der Waals surface area contributed by atoms with Crippen molar-refractivity contribution < 1.29 is 5.11 Å². The summed E-state index contributed by atoms with van der Waals surface area (Å²) < 4.78 is 0. The van der Waals surface area contributed by atoms with E-state index in [9.17, 15) is 5.11 Å². The zero-order valence-corrected chi connectivity index (χ0v) is 7.67. The summed E-state index contributed by atoms with van der Waals surface area (Å²) in [5.41, 5.74) is 0.547. The van der Waals surface area contributed by atoms with Crippen molar-refractivity contribution in [2.75, 3.05) is 0 Å². The molecule has 0 aromatic carbocycles. The highest BCUT2D eigenvalue weighted by Gasteiger charge is 2.60.